The molecule has 0 aromatic carbocycles. The lowest BCUT2D eigenvalue weighted by Crippen LogP contribution is -2.50. The van der Waals surface area contributed by atoms with Crippen molar-refractivity contribution >= 4 is 15.9 Å². The van der Waals surface area contributed by atoms with E-state index in [4.69, 9.17) is 5.11 Å². The largest absolute Gasteiger partial charge is 0.416 e. The number of alkyl halides is 3. The lowest BCUT2D eigenvalue weighted by molar-refractivity contribution is -0.201. The molecule has 0 saturated carbocycles. The van der Waals surface area contributed by atoms with E-state index in [1.807, 2.05) is 10.0 Å². The van der Waals surface area contributed by atoms with Crippen molar-refractivity contribution in [2.24, 2.45) is 5.92 Å². The lowest BCUT2D eigenvalue weighted by atomic mass is 10.0. The molecule has 1 amide bonds. The zero-order valence-electron chi connectivity index (χ0n) is 11.4. The van der Waals surface area contributed by atoms with Crippen LogP contribution in [0.2, 0.25) is 0 Å². The second-order valence-corrected chi connectivity index (χ2v) is 6.65. The van der Waals surface area contributed by atoms with Gasteiger partial charge in [0.25, 0.3) is 0 Å². The topological polar surface area (TPSA) is 95.5 Å². The van der Waals surface area contributed by atoms with E-state index in [9.17, 15) is 26.4 Å². The van der Waals surface area contributed by atoms with Crippen molar-refractivity contribution in [1.82, 2.24) is 10.0 Å². The molecule has 0 aliphatic carbocycles. The summed E-state index contributed by atoms with van der Waals surface area (Å²) < 4.78 is 60.5. The molecule has 0 heterocycles. The van der Waals surface area contributed by atoms with Gasteiger partial charge in [-0.2, -0.15) is 13.2 Å². The number of amides is 1. The molecule has 0 radical (unpaired) electrons. The highest BCUT2D eigenvalue weighted by Crippen LogP contribution is 2.19. The van der Waals surface area contributed by atoms with E-state index < -0.39 is 40.8 Å². The highest BCUT2D eigenvalue weighted by atomic mass is 32.2. The number of sulfonamides is 1. The standard InChI is InChI=1S/C10H19F3N2O4S/c1-6(2)4-7(15-20(3,18)19)9(17)14-5-8(16)10(11,12)13/h6-8,15-16H,4-5H2,1-3H3,(H,14,17). The van der Waals surface area contributed by atoms with Crippen molar-refractivity contribution in [2.75, 3.05) is 12.8 Å². The summed E-state index contributed by atoms with van der Waals surface area (Å²) in [5, 5.41) is 10.6. The summed E-state index contributed by atoms with van der Waals surface area (Å²) in [4.78, 5) is 11.7. The van der Waals surface area contributed by atoms with Crippen LogP contribution in [0.3, 0.4) is 0 Å². The van der Waals surface area contributed by atoms with Gasteiger partial charge in [-0.1, -0.05) is 13.8 Å². The average Bonchev–Trinajstić information content (AvgIpc) is 2.20. The third-order valence-electron chi connectivity index (χ3n) is 2.23. The van der Waals surface area contributed by atoms with Gasteiger partial charge in [0.1, 0.15) is 6.04 Å². The molecule has 0 fully saturated rings. The summed E-state index contributed by atoms with van der Waals surface area (Å²) in [6, 6.07) is -1.18. The van der Waals surface area contributed by atoms with Gasteiger partial charge in [-0.15, -0.1) is 0 Å². The molecular weight excluding hydrogens is 301 g/mol. The highest BCUT2D eigenvalue weighted by molar-refractivity contribution is 7.88. The summed E-state index contributed by atoms with van der Waals surface area (Å²) in [5.74, 6) is -0.958. The minimum atomic E-state index is -4.84. The number of carbonyl (C=O) groups excluding carboxylic acids is 1. The first-order chi connectivity index (χ1) is 8.83. The minimum absolute atomic E-state index is 0.0486. The van der Waals surface area contributed by atoms with Crippen LogP contribution in [0, 0.1) is 5.92 Å². The summed E-state index contributed by atoms with van der Waals surface area (Å²) in [6.07, 6.45) is -6.56. The maximum atomic E-state index is 12.1. The van der Waals surface area contributed by atoms with Gasteiger partial charge in [-0.05, 0) is 12.3 Å². The van der Waals surface area contributed by atoms with Gasteiger partial charge in [0, 0.05) is 0 Å². The van der Waals surface area contributed by atoms with Crippen molar-refractivity contribution in [3.05, 3.63) is 0 Å². The molecule has 0 rings (SSSR count). The molecule has 0 spiro atoms. The first-order valence-corrected chi connectivity index (χ1v) is 7.72. The van der Waals surface area contributed by atoms with E-state index in [2.05, 4.69) is 0 Å². The van der Waals surface area contributed by atoms with Gasteiger partial charge < -0.3 is 10.4 Å². The monoisotopic (exact) mass is 320 g/mol. The molecule has 0 aromatic rings. The predicted octanol–water partition coefficient (Wildman–Crippen LogP) is -0.0103. The zero-order chi connectivity index (χ0) is 16.1. The number of aliphatic hydroxyl groups is 1. The molecule has 0 aromatic heterocycles. The zero-order valence-corrected chi connectivity index (χ0v) is 12.2. The highest BCUT2D eigenvalue weighted by Gasteiger charge is 2.38. The van der Waals surface area contributed by atoms with Crippen molar-refractivity contribution in [3.8, 4) is 0 Å². The molecule has 0 saturated heterocycles. The van der Waals surface area contributed by atoms with Crippen molar-refractivity contribution < 1.29 is 31.5 Å². The molecule has 0 aliphatic rings. The summed E-state index contributed by atoms with van der Waals surface area (Å²) in [7, 11) is -3.68. The van der Waals surface area contributed by atoms with E-state index in [0.717, 1.165) is 6.26 Å². The van der Waals surface area contributed by atoms with Crippen molar-refractivity contribution in [2.45, 2.75) is 38.6 Å². The second kappa shape index (κ2) is 7.23. The van der Waals surface area contributed by atoms with Gasteiger partial charge in [0.2, 0.25) is 15.9 Å². The smallest absolute Gasteiger partial charge is 0.382 e. The van der Waals surface area contributed by atoms with Crippen LogP contribution in [-0.4, -0.2) is 50.6 Å². The molecule has 6 nitrogen and oxygen atoms in total. The van der Waals surface area contributed by atoms with Gasteiger partial charge in [0.15, 0.2) is 6.10 Å². The Labute approximate surface area is 115 Å². The normalized spacial score (nSPS) is 16.0. The van der Waals surface area contributed by atoms with Crippen LogP contribution >= 0.6 is 0 Å². The predicted molar refractivity (Wildman–Crippen MR) is 66.3 cm³/mol. The van der Waals surface area contributed by atoms with Gasteiger partial charge in [-0.25, -0.2) is 13.1 Å². The van der Waals surface area contributed by atoms with Gasteiger partial charge >= 0.3 is 6.18 Å². The van der Waals surface area contributed by atoms with Gasteiger partial charge in [-0.3, -0.25) is 4.79 Å². The van der Waals surface area contributed by atoms with E-state index in [-0.39, 0.29) is 12.3 Å². The van der Waals surface area contributed by atoms with Gasteiger partial charge in [0.05, 0.1) is 12.8 Å². The van der Waals surface area contributed by atoms with Crippen molar-refractivity contribution in [3.63, 3.8) is 0 Å². The fourth-order valence-corrected chi connectivity index (χ4v) is 2.09. The first-order valence-electron chi connectivity index (χ1n) is 5.82. The quantitative estimate of drug-likeness (QED) is 0.615. The molecule has 10 heteroatoms. The molecule has 0 bridgehead atoms. The Kier molecular flexibility index (Phi) is 6.91. The number of hydrogen-bond acceptors (Lipinski definition) is 4. The maximum absolute atomic E-state index is 12.1. The Morgan fingerprint density at radius 1 is 1.30 bits per heavy atom. The van der Waals surface area contributed by atoms with Crippen LogP contribution in [0.1, 0.15) is 20.3 Å². The SMILES string of the molecule is CC(C)CC(NS(C)(=O)=O)C(=O)NCC(O)C(F)(F)F. The Morgan fingerprint density at radius 3 is 2.15 bits per heavy atom. The average molecular weight is 320 g/mol. The number of carbonyl (C=O) groups is 1. The minimum Gasteiger partial charge on any atom is -0.382 e. The Bertz CT molecular complexity index is 423. The fraction of sp³-hybridized carbons (Fsp3) is 0.900. The summed E-state index contributed by atoms with van der Waals surface area (Å²) in [6.45, 7) is 2.44. The van der Waals surface area contributed by atoms with Crippen LogP contribution in [0.15, 0.2) is 0 Å². The van der Waals surface area contributed by atoms with E-state index >= 15 is 0 Å². The van der Waals surface area contributed by atoms with E-state index in [1.54, 1.807) is 13.8 Å². The first kappa shape index (κ1) is 19.1. The molecule has 2 atom stereocenters. The van der Waals surface area contributed by atoms with Crippen LogP contribution in [0.5, 0.6) is 0 Å². The number of rotatable bonds is 7. The Balaban J connectivity index is 4.64. The molecule has 3 N–H and O–H groups in total. The van der Waals surface area contributed by atoms with Crippen LogP contribution in [0.25, 0.3) is 0 Å². The number of nitrogens with one attached hydrogen (secondary N) is 2. The molecule has 20 heavy (non-hydrogen) atoms. The van der Waals surface area contributed by atoms with Crippen LogP contribution in [-0.2, 0) is 14.8 Å². The third kappa shape index (κ3) is 8.33. The lowest BCUT2D eigenvalue weighted by Gasteiger charge is -2.21. The number of hydrogen-bond donors (Lipinski definition) is 3. The second-order valence-electron chi connectivity index (χ2n) is 4.87. The Morgan fingerprint density at radius 2 is 1.80 bits per heavy atom. The van der Waals surface area contributed by atoms with E-state index in [1.165, 1.54) is 0 Å². The third-order valence-corrected chi connectivity index (χ3v) is 2.94. The molecule has 120 valence electrons. The number of aliphatic hydroxyl groups excluding tert-OH is 1. The molecule has 2 unspecified atom stereocenters. The maximum Gasteiger partial charge on any atom is 0.416 e. The van der Waals surface area contributed by atoms with Crippen LogP contribution in [0.4, 0.5) is 13.2 Å². The number of halogens is 3. The summed E-state index contributed by atoms with van der Waals surface area (Å²) in [5.41, 5.74) is 0. The molecular formula is C10H19F3N2O4S. The van der Waals surface area contributed by atoms with Crippen molar-refractivity contribution in [1.29, 1.82) is 0 Å². The van der Waals surface area contributed by atoms with E-state index in [0.29, 0.717) is 0 Å². The fourth-order valence-electron chi connectivity index (χ4n) is 1.37. The van der Waals surface area contributed by atoms with Crippen LogP contribution < -0.4 is 10.0 Å². The Hall–Kier alpha value is -0.870. The summed E-state index contributed by atoms with van der Waals surface area (Å²) >= 11 is 0. The molecule has 0 aliphatic heterocycles.